The molecule has 6 N–H and O–H groups in total. The fraction of sp³-hybridized carbons (Fsp3) is 0.433. The summed E-state index contributed by atoms with van der Waals surface area (Å²) in [5, 5.41) is 4.39. The Labute approximate surface area is 256 Å². The summed E-state index contributed by atoms with van der Waals surface area (Å²) in [6.07, 6.45) is 5.57. The van der Waals surface area contributed by atoms with Crippen LogP contribution in [0.3, 0.4) is 0 Å². The molecule has 2 fully saturated rings. The molecule has 10 nitrogen and oxygen atoms in total. The number of hydrogen-bond acceptors (Lipinski definition) is 5. The number of aryl methyl sites for hydroxylation is 2. The molecule has 12 heteroatoms. The number of imidazole rings is 1. The van der Waals surface area contributed by atoms with Crippen LogP contribution >= 0.6 is 23.2 Å². The molecule has 0 bridgehead atoms. The van der Waals surface area contributed by atoms with Crippen LogP contribution in [0, 0.1) is 13.8 Å². The van der Waals surface area contributed by atoms with Gasteiger partial charge < -0.3 is 31.1 Å². The van der Waals surface area contributed by atoms with Crippen LogP contribution in [-0.4, -0.2) is 92.7 Å². The Morgan fingerprint density at radius 1 is 0.976 bits per heavy atom. The van der Waals surface area contributed by atoms with E-state index in [0.29, 0.717) is 35.2 Å². The predicted octanol–water partition coefficient (Wildman–Crippen LogP) is 2.96. The number of nitrogens with zero attached hydrogens (tertiary/aromatic N) is 4. The van der Waals surface area contributed by atoms with Gasteiger partial charge in [0.2, 0.25) is 5.91 Å². The highest BCUT2D eigenvalue weighted by atomic mass is 35.5. The van der Waals surface area contributed by atoms with Crippen molar-refractivity contribution >= 4 is 35.0 Å². The number of rotatable bonds is 7. The van der Waals surface area contributed by atoms with Crippen molar-refractivity contribution in [3.8, 4) is 0 Å². The van der Waals surface area contributed by atoms with Gasteiger partial charge in [-0.05, 0) is 56.5 Å². The molecule has 0 aliphatic carbocycles. The number of piperazine rings is 1. The molecule has 228 valence electrons. The zero-order valence-electron chi connectivity index (χ0n) is 24.0. The molecule has 42 heavy (non-hydrogen) atoms. The Bertz CT molecular complexity index is 1330. The standard InChI is InChI=1S/C30H36Cl2N6O2.2H2O/c1-20-13-21(2)15-23(14-20)30(40)37-11-12-38(27(18-37)22-3-4-25(31)26(32)16-22)29(39)17-35-24-5-9-36(10-6-24)19-28-33-7-8-34-28;;/h3-4,7-8,13-16,24,27,35H,5-6,9-12,17-19H2,1-2H3,(H,33,34);2*1H2. The first-order chi connectivity index (χ1) is 19.3. The highest BCUT2D eigenvalue weighted by molar-refractivity contribution is 6.42. The largest absolute Gasteiger partial charge is 0.412 e. The van der Waals surface area contributed by atoms with E-state index in [1.165, 1.54) is 0 Å². The van der Waals surface area contributed by atoms with Gasteiger partial charge in [0.25, 0.3) is 5.91 Å². The van der Waals surface area contributed by atoms with Crippen LogP contribution < -0.4 is 5.32 Å². The van der Waals surface area contributed by atoms with E-state index in [9.17, 15) is 9.59 Å². The highest BCUT2D eigenvalue weighted by Crippen LogP contribution is 2.31. The molecule has 1 atom stereocenters. The van der Waals surface area contributed by atoms with E-state index in [0.717, 1.165) is 55.0 Å². The van der Waals surface area contributed by atoms with Crippen LogP contribution in [0.2, 0.25) is 10.0 Å². The number of aromatic amines is 1. The average Bonchev–Trinajstić information content (AvgIpc) is 3.46. The first-order valence-corrected chi connectivity index (χ1v) is 14.6. The summed E-state index contributed by atoms with van der Waals surface area (Å²) >= 11 is 12.6. The highest BCUT2D eigenvalue weighted by Gasteiger charge is 2.34. The molecule has 0 radical (unpaired) electrons. The first-order valence-electron chi connectivity index (χ1n) is 13.8. The monoisotopic (exact) mass is 618 g/mol. The van der Waals surface area contributed by atoms with E-state index in [-0.39, 0.29) is 41.4 Å². The number of hydrogen-bond donors (Lipinski definition) is 2. The lowest BCUT2D eigenvalue weighted by Gasteiger charge is -2.42. The number of piperidine rings is 1. The zero-order valence-corrected chi connectivity index (χ0v) is 25.5. The number of carbonyl (C=O) groups excluding carboxylic acids is 2. The summed E-state index contributed by atoms with van der Waals surface area (Å²) in [5.41, 5.74) is 3.64. The maximum Gasteiger partial charge on any atom is 0.254 e. The number of nitrogens with one attached hydrogen (secondary N) is 2. The SMILES string of the molecule is Cc1cc(C)cc(C(=O)N2CCN(C(=O)CNC3CCN(Cc4ncc[nH]4)CC3)C(c3ccc(Cl)c(Cl)c3)C2)c1.O.O. The smallest absolute Gasteiger partial charge is 0.254 e. The van der Waals surface area contributed by atoms with E-state index in [4.69, 9.17) is 23.2 Å². The maximum absolute atomic E-state index is 13.6. The molecule has 1 unspecified atom stereocenters. The number of benzene rings is 2. The lowest BCUT2D eigenvalue weighted by molar-refractivity contribution is -0.135. The van der Waals surface area contributed by atoms with Crippen molar-refractivity contribution in [1.29, 1.82) is 0 Å². The van der Waals surface area contributed by atoms with Crippen molar-refractivity contribution < 1.29 is 20.5 Å². The fourth-order valence-electron chi connectivity index (χ4n) is 5.78. The summed E-state index contributed by atoms with van der Waals surface area (Å²) in [6, 6.07) is 11.3. The van der Waals surface area contributed by atoms with Gasteiger partial charge in [0.1, 0.15) is 5.82 Å². The molecular weight excluding hydrogens is 579 g/mol. The summed E-state index contributed by atoms with van der Waals surface area (Å²) in [6.45, 7) is 8.28. The molecule has 0 spiro atoms. The normalized spacial score (nSPS) is 17.9. The van der Waals surface area contributed by atoms with E-state index in [2.05, 4.69) is 26.3 Å². The summed E-state index contributed by atoms with van der Waals surface area (Å²) in [5.74, 6) is 0.973. The number of halogens is 2. The van der Waals surface area contributed by atoms with E-state index < -0.39 is 0 Å². The van der Waals surface area contributed by atoms with Gasteiger partial charge in [0.05, 0.1) is 29.2 Å². The second-order valence-corrected chi connectivity index (χ2v) is 11.7. The molecule has 2 amide bonds. The molecular formula is C30H40Cl2N6O4. The van der Waals surface area contributed by atoms with Gasteiger partial charge in [-0.3, -0.25) is 14.5 Å². The third-order valence-corrected chi connectivity index (χ3v) is 8.58. The molecule has 2 saturated heterocycles. The lowest BCUT2D eigenvalue weighted by atomic mass is 10.00. The quantitative estimate of drug-likeness (QED) is 0.418. The average molecular weight is 620 g/mol. The van der Waals surface area contributed by atoms with Crippen LogP contribution in [-0.2, 0) is 11.3 Å². The topological polar surface area (TPSA) is 148 Å². The van der Waals surface area contributed by atoms with Crippen molar-refractivity contribution in [3.63, 3.8) is 0 Å². The number of likely N-dealkylation sites (tertiary alicyclic amines) is 1. The Morgan fingerprint density at radius 2 is 1.69 bits per heavy atom. The summed E-state index contributed by atoms with van der Waals surface area (Å²) < 4.78 is 0. The third-order valence-electron chi connectivity index (χ3n) is 7.84. The molecule has 0 saturated carbocycles. The summed E-state index contributed by atoms with van der Waals surface area (Å²) in [7, 11) is 0. The number of amides is 2. The molecule has 3 heterocycles. The fourth-order valence-corrected chi connectivity index (χ4v) is 6.08. The minimum Gasteiger partial charge on any atom is -0.412 e. The molecule has 2 aliphatic rings. The summed E-state index contributed by atoms with van der Waals surface area (Å²) in [4.78, 5) is 40.6. The number of carbonyl (C=O) groups is 2. The van der Waals surface area contributed by atoms with E-state index >= 15 is 0 Å². The first kappa shape index (κ1) is 33.5. The van der Waals surface area contributed by atoms with Gasteiger partial charge >= 0.3 is 0 Å². The molecule has 3 aromatic rings. The third kappa shape index (κ3) is 8.09. The van der Waals surface area contributed by atoms with Gasteiger partial charge in [0.15, 0.2) is 0 Å². The molecule has 5 rings (SSSR count). The van der Waals surface area contributed by atoms with Crippen LogP contribution in [0.4, 0.5) is 0 Å². The van der Waals surface area contributed by atoms with Gasteiger partial charge in [0, 0.05) is 56.7 Å². The Morgan fingerprint density at radius 3 is 2.33 bits per heavy atom. The van der Waals surface area contributed by atoms with Gasteiger partial charge in [-0.15, -0.1) is 0 Å². The number of H-pyrrole nitrogens is 1. The van der Waals surface area contributed by atoms with Crippen molar-refractivity contribution in [1.82, 2.24) is 30.0 Å². The zero-order chi connectivity index (χ0) is 28.2. The van der Waals surface area contributed by atoms with Crippen LogP contribution in [0.15, 0.2) is 48.8 Å². The van der Waals surface area contributed by atoms with Gasteiger partial charge in [-0.2, -0.15) is 0 Å². The van der Waals surface area contributed by atoms with Crippen LogP contribution in [0.25, 0.3) is 0 Å². The Balaban J connectivity index is 0.00000242. The lowest BCUT2D eigenvalue weighted by Crippen LogP contribution is -2.54. The minimum atomic E-state index is -0.317. The molecule has 2 aliphatic heterocycles. The minimum absolute atomic E-state index is 0. The van der Waals surface area contributed by atoms with Crippen molar-refractivity contribution in [2.45, 2.75) is 45.3 Å². The van der Waals surface area contributed by atoms with E-state index in [1.807, 2.05) is 54.1 Å². The Kier molecular flexibility index (Phi) is 11.9. The second-order valence-electron chi connectivity index (χ2n) is 10.9. The van der Waals surface area contributed by atoms with Gasteiger partial charge in [-0.1, -0.05) is 46.5 Å². The maximum atomic E-state index is 13.6. The van der Waals surface area contributed by atoms with Crippen LogP contribution in [0.1, 0.15) is 51.8 Å². The molecule has 2 aromatic carbocycles. The van der Waals surface area contributed by atoms with E-state index in [1.54, 1.807) is 12.3 Å². The number of aromatic nitrogens is 2. The Hall–Kier alpha value is -2.99. The molecule has 1 aromatic heterocycles. The predicted molar refractivity (Wildman–Crippen MR) is 165 cm³/mol. The second kappa shape index (κ2) is 15.0. The van der Waals surface area contributed by atoms with Crippen LogP contribution in [0.5, 0.6) is 0 Å². The van der Waals surface area contributed by atoms with Crippen molar-refractivity contribution in [3.05, 3.63) is 86.9 Å². The van der Waals surface area contributed by atoms with Crippen molar-refractivity contribution in [2.75, 3.05) is 39.3 Å². The van der Waals surface area contributed by atoms with Gasteiger partial charge in [-0.25, -0.2) is 4.98 Å². The van der Waals surface area contributed by atoms with Crippen molar-refractivity contribution in [2.24, 2.45) is 0 Å².